The van der Waals surface area contributed by atoms with Crippen molar-refractivity contribution in [3.05, 3.63) is 51.1 Å². The lowest BCUT2D eigenvalue weighted by atomic mass is 10.1. The van der Waals surface area contributed by atoms with Gasteiger partial charge >= 0.3 is 0 Å². The van der Waals surface area contributed by atoms with E-state index in [0.29, 0.717) is 10.4 Å². The average molecular weight is 548 g/mol. The van der Waals surface area contributed by atoms with Crippen LogP contribution in [0.1, 0.15) is 19.3 Å². The summed E-state index contributed by atoms with van der Waals surface area (Å²) >= 11 is 9.23. The molecule has 1 fully saturated rings. The number of thiophene rings is 1. The molecule has 8 heteroatoms. The number of nitrogens with zero attached hydrogens (tertiary/aromatic N) is 3. The lowest BCUT2D eigenvalue weighted by Gasteiger charge is -2.37. The van der Waals surface area contributed by atoms with E-state index >= 15 is 0 Å². The largest absolute Gasteiger partial charge is 1.00 e. The van der Waals surface area contributed by atoms with Crippen molar-refractivity contribution in [1.82, 2.24) is 9.55 Å². The molecule has 4 nitrogen and oxygen atoms in total. The standard InChI is InChI=1S/C20H23ClN3OS2.HI/c1-24(10-3-2-4-11-24)12-14-27-20-22-18-17(9-13-26-18)19(25)23(20)16-7-5-15(21)6-8-16;/h5-9,13H,2-4,10-12,14H2,1H3;1H/q+1;/p-1. The van der Waals surface area contributed by atoms with E-state index < -0.39 is 0 Å². The van der Waals surface area contributed by atoms with Gasteiger partial charge in [-0.05, 0) is 55.0 Å². The van der Waals surface area contributed by atoms with Gasteiger partial charge in [-0.2, -0.15) is 0 Å². The molecule has 2 aromatic heterocycles. The first kappa shape index (κ1) is 22.1. The van der Waals surface area contributed by atoms with E-state index in [-0.39, 0.29) is 29.5 Å². The molecule has 0 spiro atoms. The number of hydrogen-bond acceptors (Lipinski definition) is 4. The van der Waals surface area contributed by atoms with Crippen molar-refractivity contribution < 1.29 is 28.5 Å². The normalized spacial score (nSPS) is 16.1. The number of piperidine rings is 1. The van der Waals surface area contributed by atoms with Gasteiger partial charge in [-0.1, -0.05) is 23.4 Å². The van der Waals surface area contributed by atoms with E-state index in [1.165, 1.54) is 43.7 Å². The van der Waals surface area contributed by atoms with Crippen LogP contribution in [0.4, 0.5) is 0 Å². The maximum absolute atomic E-state index is 13.1. The Morgan fingerprint density at radius 1 is 1.18 bits per heavy atom. The van der Waals surface area contributed by atoms with Crippen molar-refractivity contribution in [3.8, 4) is 5.69 Å². The minimum Gasteiger partial charge on any atom is -1.00 e. The van der Waals surface area contributed by atoms with Crippen LogP contribution in [-0.2, 0) is 0 Å². The molecule has 28 heavy (non-hydrogen) atoms. The van der Waals surface area contributed by atoms with Crippen molar-refractivity contribution in [1.29, 1.82) is 0 Å². The predicted molar refractivity (Wildman–Crippen MR) is 116 cm³/mol. The fraction of sp³-hybridized carbons (Fsp3) is 0.400. The third-order valence-electron chi connectivity index (χ3n) is 5.31. The van der Waals surface area contributed by atoms with Crippen LogP contribution in [0.3, 0.4) is 0 Å². The molecule has 0 atom stereocenters. The van der Waals surface area contributed by atoms with Gasteiger partial charge in [0.25, 0.3) is 5.56 Å². The van der Waals surface area contributed by atoms with Crippen LogP contribution in [0.2, 0.25) is 5.02 Å². The summed E-state index contributed by atoms with van der Waals surface area (Å²) in [5.41, 5.74) is 0.801. The molecule has 1 aliphatic heterocycles. The topological polar surface area (TPSA) is 34.9 Å². The molecule has 0 unspecified atom stereocenters. The SMILES string of the molecule is C[N+]1(CCSc2nc3sccc3c(=O)n2-c2ccc(Cl)cc2)CCCCC1.[I-]. The molecule has 4 rings (SSSR count). The quantitative estimate of drug-likeness (QED) is 0.212. The van der Waals surface area contributed by atoms with Gasteiger partial charge in [-0.15, -0.1) is 11.3 Å². The van der Waals surface area contributed by atoms with Crippen LogP contribution in [0, 0.1) is 0 Å². The van der Waals surface area contributed by atoms with Crippen LogP contribution in [0.15, 0.2) is 45.7 Å². The fourth-order valence-corrected chi connectivity index (χ4v) is 5.79. The molecule has 1 aromatic carbocycles. The van der Waals surface area contributed by atoms with Gasteiger partial charge in [-0.3, -0.25) is 9.36 Å². The van der Waals surface area contributed by atoms with Gasteiger partial charge in [0.2, 0.25) is 0 Å². The van der Waals surface area contributed by atoms with Gasteiger partial charge in [-0.25, -0.2) is 4.98 Å². The van der Waals surface area contributed by atoms with Crippen molar-refractivity contribution in [2.75, 3.05) is 32.4 Å². The van der Waals surface area contributed by atoms with Gasteiger partial charge in [0, 0.05) is 5.02 Å². The van der Waals surface area contributed by atoms with Crippen molar-refractivity contribution in [2.24, 2.45) is 0 Å². The minimum absolute atomic E-state index is 0. The van der Waals surface area contributed by atoms with Crippen LogP contribution >= 0.6 is 34.7 Å². The molecule has 0 saturated carbocycles. The number of rotatable bonds is 5. The summed E-state index contributed by atoms with van der Waals surface area (Å²) in [4.78, 5) is 18.7. The summed E-state index contributed by atoms with van der Waals surface area (Å²) in [7, 11) is 2.35. The van der Waals surface area contributed by atoms with E-state index in [0.717, 1.165) is 32.5 Å². The second kappa shape index (κ2) is 9.47. The second-order valence-corrected chi connectivity index (χ2v) is 9.74. The molecule has 3 aromatic rings. The zero-order valence-electron chi connectivity index (χ0n) is 15.7. The van der Waals surface area contributed by atoms with Crippen molar-refractivity contribution >= 4 is 44.9 Å². The Bertz CT molecular complexity index is 997. The predicted octanol–water partition coefficient (Wildman–Crippen LogP) is 1.83. The van der Waals surface area contributed by atoms with Gasteiger partial charge in [0.1, 0.15) is 4.83 Å². The number of fused-ring (bicyclic) bond motifs is 1. The summed E-state index contributed by atoms with van der Waals surface area (Å²) in [6.07, 6.45) is 3.99. The van der Waals surface area contributed by atoms with Crippen LogP contribution in [0.25, 0.3) is 15.9 Å². The highest BCUT2D eigenvalue weighted by Crippen LogP contribution is 2.25. The number of quaternary nitrogens is 1. The number of thioether (sulfide) groups is 1. The van der Waals surface area contributed by atoms with Crippen LogP contribution < -0.4 is 29.5 Å². The maximum atomic E-state index is 13.1. The first-order valence-electron chi connectivity index (χ1n) is 9.28. The van der Waals surface area contributed by atoms with Gasteiger partial charge in [0.15, 0.2) is 5.16 Å². The first-order chi connectivity index (χ1) is 13.1. The molecule has 0 radical (unpaired) electrons. The maximum Gasteiger partial charge on any atom is 0.267 e. The Labute approximate surface area is 195 Å². The highest BCUT2D eigenvalue weighted by molar-refractivity contribution is 7.99. The van der Waals surface area contributed by atoms with Crippen molar-refractivity contribution in [3.63, 3.8) is 0 Å². The van der Waals surface area contributed by atoms with E-state index in [1.54, 1.807) is 16.3 Å². The smallest absolute Gasteiger partial charge is 0.267 e. The van der Waals surface area contributed by atoms with Gasteiger partial charge in [0.05, 0.1) is 43.5 Å². The monoisotopic (exact) mass is 547 g/mol. The summed E-state index contributed by atoms with van der Waals surface area (Å²) in [5.74, 6) is 0.952. The molecular weight excluding hydrogens is 525 g/mol. The Balaban J connectivity index is 0.00000225. The number of benzene rings is 1. The Hall–Kier alpha value is -0.610. The molecule has 0 N–H and O–H groups in total. The minimum atomic E-state index is -0.00978. The Morgan fingerprint density at radius 2 is 1.89 bits per heavy atom. The van der Waals surface area contributed by atoms with Gasteiger partial charge < -0.3 is 28.5 Å². The lowest BCUT2D eigenvalue weighted by Crippen LogP contribution is -3.00. The van der Waals surface area contributed by atoms with E-state index in [2.05, 4.69) is 7.05 Å². The van der Waals surface area contributed by atoms with Crippen molar-refractivity contribution in [2.45, 2.75) is 24.4 Å². The molecular formula is C20H23ClIN3OS2. The molecule has 0 bridgehead atoms. The molecule has 1 aliphatic rings. The van der Waals surface area contributed by atoms with Crippen LogP contribution in [-0.4, -0.2) is 46.5 Å². The number of halogens is 2. The summed E-state index contributed by atoms with van der Waals surface area (Å²) in [5, 5.41) is 4.03. The third-order valence-corrected chi connectivity index (χ3v) is 7.29. The van der Waals surface area contributed by atoms with Crippen LogP contribution in [0.5, 0.6) is 0 Å². The van der Waals surface area contributed by atoms with E-state index in [9.17, 15) is 4.79 Å². The zero-order valence-corrected chi connectivity index (χ0v) is 20.3. The first-order valence-corrected chi connectivity index (χ1v) is 11.5. The molecule has 0 amide bonds. The molecule has 150 valence electrons. The number of likely N-dealkylation sites (tertiary alicyclic amines) is 1. The highest BCUT2D eigenvalue weighted by Gasteiger charge is 2.24. The highest BCUT2D eigenvalue weighted by atomic mass is 127. The number of hydrogen-bond donors (Lipinski definition) is 0. The summed E-state index contributed by atoms with van der Waals surface area (Å²) < 4.78 is 2.85. The lowest BCUT2D eigenvalue weighted by molar-refractivity contribution is -0.911. The fourth-order valence-electron chi connectivity index (χ4n) is 3.67. The zero-order chi connectivity index (χ0) is 18.9. The number of aromatic nitrogens is 2. The van der Waals surface area contributed by atoms with E-state index in [4.69, 9.17) is 16.6 Å². The molecule has 1 saturated heterocycles. The average Bonchev–Trinajstić information content (AvgIpc) is 3.12. The Kier molecular flexibility index (Phi) is 7.47. The summed E-state index contributed by atoms with van der Waals surface area (Å²) in [6.45, 7) is 3.60. The third kappa shape index (κ3) is 4.75. The molecule has 3 heterocycles. The van der Waals surface area contributed by atoms with E-state index in [1.807, 2.05) is 35.7 Å². The second-order valence-electron chi connectivity index (χ2n) is 7.35. The molecule has 0 aliphatic carbocycles. The summed E-state index contributed by atoms with van der Waals surface area (Å²) in [6, 6.07) is 9.25. The Morgan fingerprint density at radius 3 is 2.61 bits per heavy atom.